The molecule has 0 bridgehead atoms. The van der Waals surface area contributed by atoms with E-state index in [1.165, 1.54) is 0 Å². The lowest BCUT2D eigenvalue weighted by molar-refractivity contribution is -0.151. The molecule has 20 heavy (non-hydrogen) atoms. The summed E-state index contributed by atoms with van der Waals surface area (Å²) in [6, 6.07) is -0.652. The van der Waals surface area contributed by atoms with Gasteiger partial charge in [-0.2, -0.15) is 0 Å². The second kappa shape index (κ2) is 6.59. The Morgan fingerprint density at radius 1 is 1.25 bits per heavy atom. The molecule has 1 rings (SSSR count). The molecule has 0 aromatic carbocycles. The Balaban J connectivity index is 2.89. The van der Waals surface area contributed by atoms with Crippen molar-refractivity contribution in [3.63, 3.8) is 0 Å². The van der Waals surface area contributed by atoms with Gasteiger partial charge in [0.1, 0.15) is 12.1 Å². The molecular weight excluding hydrogens is 252 g/mol. The van der Waals surface area contributed by atoms with Crippen molar-refractivity contribution >= 4 is 11.8 Å². The first kappa shape index (κ1) is 17.0. The third-order valence-corrected chi connectivity index (χ3v) is 4.23. The highest BCUT2D eigenvalue weighted by Gasteiger charge is 2.41. The molecule has 1 aliphatic heterocycles. The van der Waals surface area contributed by atoms with Crippen LogP contribution in [-0.4, -0.2) is 35.3 Å². The number of hydrogen-bond acceptors (Lipinski definition) is 2. The van der Waals surface area contributed by atoms with Crippen LogP contribution in [0.1, 0.15) is 60.8 Å². The van der Waals surface area contributed by atoms with E-state index in [4.69, 9.17) is 0 Å². The van der Waals surface area contributed by atoms with Crippen LogP contribution in [0.4, 0.5) is 0 Å². The Hall–Kier alpha value is -1.06. The average Bonchev–Trinajstić information content (AvgIpc) is 2.37. The maximum Gasteiger partial charge on any atom is 0.246 e. The minimum Gasteiger partial charge on any atom is -0.342 e. The predicted molar refractivity (Wildman–Crippen MR) is 81.2 cm³/mol. The van der Waals surface area contributed by atoms with Crippen LogP contribution in [0.15, 0.2) is 0 Å². The molecule has 0 aromatic heterocycles. The number of amides is 2. The first-order chi connectivity index (χ1) is 9.21. The van der Waals surface area contributed by atoms with Crippen molar-refractivity contribution in [1.29, 1.82) is 0 Å². The fourth-order valence-electron chi connectivity index (χ4n) is 2.53. The number of nitrogens with zero attached hydrogens (tertiary/aromatic N) is 1. The van der Waals surface area contributed by atoms with E-state index >= 15 is 0 Å². The van der Waals surface area contributed by atoms with Gasteiger partial charge in [-0.1, -0.05) is 48.0 Å². The van der Waals surface area contributed by atoms with Crippen molar-refractivity contribution in [3.8, 4) is 0 Å². The van der Waals surface area contributed by atoms with Gasteiger partial charge >= 0.3 is 0 Å². The van der Waals surface area contributed by atoms with Crippen LogP contribution in [0.5, 0.6) is 0 Å². The van der Waals surface area contributed by atoms with Crippen LogP contribution in [0, 0.1) is 11.3 Å². The normalized spacial score (nSPS) is 25.6. The van der Waals surface area contributed by atoms with E-state index in [-0.39, 0.29) is 35.2 Å². The van der Waals surface area contributed by atoms with Crippen molar-refractivity contribution in [1.82, 2.24) is 10.2 Å². The number of hydrogen-bond donors (Lipinski definition) is 1. The Bertz CT molecular complexity index is 360. The zero-order valence-electron chi connectivity index (χ0n) is 13.8. The summed E-state index contributed by atoms with van der Waals surface area (Å²) in [7, 11) is 0. The number of carbonyl (C=O) groups is 2. The standard InChI is InChI=1S/C16H30N2O2/c1-7-11(3)13-15(20)18(10-9-16(4,5)6)12(8-2)14(19)17-13/h11-13H,7-10H2,1-6H3,(H,17,19). The number of rotatable bonds is 5. The van der Waals surface area contributed by atoms with E-state index in [1.807, 2.05) is 13.8 Å². The Morgan fingerprint density at radius 2 is 1.85 bits per heavy atom. The second-order valence-corrected chi connectivity index (χ2v) is 7.14. The Labute approximate surface area is 123 Å². The first-order valence-electron chi connectivity index (χ1n) is 7.82. The van der Waals surface area contributed by atoms with Gasteiger partial charge in [-0.3, -0.25) is 9.59 Å². The summed E-state index contributed by atoms with van der Waals surface area (Å²) in [5.74, 6) is 0.280. The first-order valence-corrected chi connectivity index (χ1v) is 7.82. The predicted octanol–water partition coefficient (Wildman–Crippen LogP) is 2.57. The van der Waals surface area contributed by atoms with Crippen molar-refractivity contribution in [2.45, 2.75) is 72.9 Å². The molecule has 0 saturated carbocycles. The summed E-state index contributed by atoms with van der Waals surface area (Å²) in [5, 5.41) is 2.91. The molecule has 2 amide bonds. The van der Waals surface area contributed by atoms with Gasteiger partial charge < -0.3 is 10.2 Å². The molecule has 3 unspecified atom stereocenters. The molecule has 4 nitrogen and oxygen atoms in total. The minimum absolute atomic E-state index is 0.00584. The van der Waals surface area contributed by atoms with E-state index in [0.29, 0.717) is 13.0 Å². The van der Waals surface area contributed by atoms with Gasteiger partial charge in [0, 0.05) is 6.54 Å². The fourth-order valence-corrected chi connectivity index (χ4v) is 2.53. The van der Waals surface area contributed by atoms with E-state index < -0.39 is 0 Å². The van der Waals surface area contributed by atoms with Crippen LogP contribution >= 0.6 is 0 Å². The van der Waals surface area contributed by atoms with E-state index in [9.17, 15) is 9.59 Å². The highest BCUT2D eigenvalue weighted by molar-refractivity contribution is 5.97. The maximum atomic E-state index is 12.7. The quantitative estimate of drug-likeness (QED) is 0.842. The van der Waals surface area contributed by atoms with Crippen molar-refractivity contribution in [2.75, 3.05) is 6.54 Å². The molecule has 116 valence electrons. The minimum atomic E-state index is -0.352. The summed E-state index contributed by atoms with van der Waals surface area (Å²) in [6.45, 7) is 13.2. The fraction of sp³-hybridized carbons (Fsp3) is 0.875. The summed E-state index contributed by atoms with van der Waals surface area (Å²) in [6.07, 6.45) is 2.48. The summed E-state index contributed by atoms with van der Waals surface area (Å²) in [5.41, 5.74) is 0.165. The van der Waals surface area contributed by atoms with Gasteiger partial charge in [-0.05, 0) is 24.2 Å². The van der Waals surface area contributed by atoms with Gasteiger partial charge in [0.15, 0.2) is 0 Å². The molecule has 3 atom stereocenters. The molecule has 1 heterocycles. The Kier molecular flexibility index (Phi) is 5.60. The number of piperazine rings is 1. The lowest BCUT2D eigenvalue weighted by Crippen LogP contribution is -2.65. The summed E-state index contributed by atoms with van der Waals surface area (Å²) < 4.78 is 0. The van der Waals surface area contributed by atoms with E-state index in [0.717, 1.165) is 12.8 Å². The number of carbonyl (C=O) groups excluding carboxylic acids is 2. The summed E-state index contributed by atoms with van der Waals surface area (Å²) in [4.78, 5) is 26.7. The second-order valence-electron chi connectivity index (χ2n) is 7.14. The number of nitrogens with one attached hydrogen (secondary N) is 1. The summed E-state index contributed by atoms with van der Waals surface area (Å²) >= 11 is 0. The molecular formula is C16H30N2O2. The Morgan fingerprint density at radius 3 is 2.30 bits per heavy atom. The van der Waals surface area contributed by atoms with Crippen molar-refractivity contribution < 1.29 is 9.59 Å². The molecule has 0 aliphatic carbocycles. The van der Waals surface area contributed by atoms with Crippen molar-refractivity contribution in [3.05, 3.63) is 0 Å². The molecule has 1 N–H and O–H groups in total. The lowest BCUT2D eigenvalue weighted by Gasteiger charge is -2.41. The van der Waals surface area contributed by atoms with Crippen LogP contribution < -0.4 is 5.32 Å². The average molecular weight is 282 g/mol. The SMILES string of the molecule is CCC(C)C1NC(=O)C(CC)N(CCC(C)(C)C)C1=O. The highest BCUT2D eigenvalue weighted by Crippen LogP contribution is 2.24. The van der Waals surface area contributed by atoms with Crippen molar-refractivity contribution in [2.24, 2.45) is 11.3 Å². The van der Waals surface area contributed by atoms with Crippen LogP contribution in [0.3, 0.4) is 0 Å². The highest BCUT2D eigenvalue weighted by atomic mass is 16.2. The zero-order valence-corrected chi connectivity index (χ0v) is 13.8. The van der Waals surface area contributed by atoms with Gasteiger partial charge in [-0.25, -0.2) is 0 Å². The lowest BCUT2D eigenvalue weighted by atomic mass is 9.89. The van der Waals surface area contributed by atoms with E-state index in [1.54, 1.807) is 4.90 Å². The van der Waals surface area contributed by atoms with E-state index in [2.05, 4.69) is 33.0 Å². The van der Waals surface area contributed by atoms with Gasteiger partial charge in [0.05, 0.1) is 0 Å². The maximum absolute atomic E-state index is 12.7. The molecule has 0 radical (unpaired) electrons. The van der Waals surface area contributed by atoms with Crippen LogP contribution in [0.2, 0.25) is 0 Å². The molecule has 0 aromatic rings. The molecule has 0 spiro atoms. The zero-order chi connectivity index (χ0) is 15.5. The molecule has 1 aliphatic rings. The molecule has 1 fully saturated rings. The van der Waals surface area contributed by atoms with Crippen LogP contribution in [-0.2, 0) is 9.59 Å². The van der Waals surface area contributed by atoms with Gasteiger partial charge in [-0.15, -0.1) is 0 Å². The molecule has 1 saturated heterocycles. The topological polar surface area (TPSA) is 49.4 Å². The molecule has 4 heteroatoms. The van der Waals surface area contributed by atoms with Gasteiger partial charge in [0.25, 0.3) is 0 Å². The van der Waals surface area contributed by atoms with Gasteiger partial charge in [0.2, 0.25) is 11.8 Å². The third kappa shape index (κ3) is 3.97. The monoisotopic (exact) mass is 282 g/mol. The largest absolute Gasteiger partial charge is 0.342 e. The third-order valence-electron chi connectivity index (χ3n) is 4.23. The van der Waals surface area contributed by atoms with Crippen LogP contribution in [0.25, 0.3) is 0 Å². The smallest absolute Gasteiger partial charge is 0.246 e.